The lowest BCUT2D eigenvalue weighted by Gasteiger charge is -2.12. The smallest absolute Gasteiger partial charge is 0.326 e. The number of hydrogen-bond donors (Lipinski definition) is 1. The number of nitrogens with one attached hydrogen (secondary N) is 1. The van der Waals surface area contributed by atoms with Crippen LogP contribution in [0.25, 0.3) is 11.0 Å². The molecule has 1 aromatic heterocycles. The Morgan fingerprint density at radius 3 is 2.52 bits per heavy atom. The fourth-order valence-electron chi connectivity index (χ4n) is 3.29. The van der Waals surface area contributed by atoms with Gasteiger partial charge in [0.1, 0.15) is 12.4 Å². The minimum Gasteiger partial charge on any atom is -0.493 e. The highest BCUT2D eigenvalue weighted by atomic mass is 16.5. The molecule has 3 rings (SSSR count). The summed E-state index contributed by atoms with van der Waals surface area (Å²) in [5.41, 5.74) is 2.11. The van der Waals surface area contributed by atoms with Gasteiger partial charge in [-0.25, -0.2) is 4.98 Å². The summed E-state index contributed by atoms with van der Waals surface area (Å²) in [7, 11) is 3.06. The van der Waals surface area contributed by atoms with E-state index in [0.29, 0.717) is 35.9 Å². The number of ether oxygens (including phenoxy) is 3. The van der Waals surface area contributed by atoms with Crippen LogP contribution in [0.15, 0.2) is 42.5 Å². The van der Waals surface area contributed by atoms with Crippen LogP contribution in [0.3, 0.4) is 0 Å². The molecule has 0 aliphatic rings. The quantitative estimate of drug-likeness (QED) is 0.530. The average Bonchev–Trinajstić information content (AvgIpc) is 3.09. The molecule has 8 nitrogen and oxygen atoms in total. The van der Waals surface area contributed by atoms with Crippen molar-refractivity contribution in [3.63, 3.8) is 0 Å². The second kappa shape index (κ2) is 9.97. The number of carbonyl (C=O) groups excluding carboxylic acids is 2. The highest BCUT2D eigenvalue weighted by Gasteiger charge is 2.16. The molecule has 2 aromatic carbocycles. The lowest BCUT2D eigenvalue weighted by atomic mass is 10.2. The van der Waals surface area contributed by atoms with Gasteiger partial charge in [-0.3, -0.25) is 9.59 Å². The lowest BCUT2D eigenvalue weighted by molar-refractivity contribution is -0.148. The van der Waals surface area contributed by atoms with Crippen LogP contribution >= 0.6 is 0 Å². The predicted octanol–water partition coefficient (Wildman–Crippen LogP) is 2.98. The monoisotopic (exact) mass is 425 g/mol. The zero-order valence-electron chi connectivity index (χ0n) is 18.2. The van der Waals surface area contributed by atoms with Crippen LogP contribution in [-0.2, 0) is 22.5 Å². The number of esters is 1. The molecular formula is C23H27N3O5. The SMILES string of the molecule is COc1ccc(C(=O)NCCc2nc3ccccc3n2CC(=O)OC(C)C)cc1OC. The Kier molecular flexibility index (Phi) is 7.12. The van der Waals surface area contributed by atoms with Crippen molar-refractivity contribution in [1.29, 1.82) is 0 Å². The van der Waals surface area contributed by atoms with Crippen LogP contribution in [0, 0.1) is 0 Å². The maximum atomic E-state index is 12.5. The normalized spacial score (nSPS) is 10.9. The number of imidazole rings is 1. The van der Waals surface area contributed by atoms with E-state index in [-0.39, 0.29) is 24.5 Å². The molecule has 0 aliphatic carbocycles. The Labute approximate surface area is 181 Å². The maximum absolute atomic E-state index is 12.5. The molecule has 31 heavy (non-hydrogen) atoms. The van der Waals surface area contributed by atoms with Crippen molar-refractivity contribution in [2.75, 3.05) is 20.8 Å². The van der Waals surface area contributed by atoms with Crippen LogP contribution in [0.2, 0.25) is 0 Å². The van der Waals surface area contributed by atoms with Gasteiger partial charge in [0.2, 0.25) is 0 Å². The molecule has 0 bridgehead atoms. The number of amides is 1. The minimum atomic E-state index is -0.325. The summed E-state index contributed by atoms with van der Waals surface area (Å²) >= 11 is 0. The van der Waals surface area contributed by atoms with Gasteiger partial charge in [0.25, 0.3) is 5.91 Å². The number of para-hydroxylation sites is 2. The first-order valence-electron chi connectivity index (χ1n) is 10.1. The molecule has 8 heteroatoms. The second-order valence-corrected chi connectivity index (χ2v) is 7.22. The zero-order chi connectivity index (χ0) is 22.4. The van der Waals surface area contributed by atoms with Crippen molar-refractivity contribution in [3.8, 4) is 11.5 Å². The van der Waals surface area contributed by atoms with Crippen LogP contribution in [0.4, 0.5) is 0 Å². The summed E-state index contributed by atoms with van der Waals surface area (Å²) in [6.07, 6.45) is 0.273. The summed E-state index contributed by atoms with van der Waals surface area (Å²) in [5, 5.41) is 2.89. The lowest BCUT2D eigenvalue weighted by Crippen LogP contribution is -2.27. The number of nitrogens with zero attached hydrogens (tertiary/aromatic N) is 2. The first-order chi connectivity index (χ1) is 14.9. The molecule has 0 saturated heterocycles. The van der Waals surface area contributed by atoms with E-state index in [0.717, 1.165) is 11.0 Å². The summed E-state index contributed by atoms with van der Waals surface area (Å²) < 4.78 is 17.6. The number of carbonyl (C=O) groups is 2. The maximum Gasteiger partial charge on any atom is 0.326 e. The Hall–Kier alpha value is -3.55. The molecule has 1 N–H and O–H groups in total. The summed E-state index contributed by atoms with van der Waals surface area (Å²) in [4.78, 5) is 29.4. The molecule has 1 heterocycles. The fraction of sp³-hybridized carbons (Fsp3) is 0.348. The molecule has 1 amide bonds. The average molecular weight is 425 g/mol. The van der Waals surface area contributed by atoms with Crippen molar-refractivity contribution < 1.29 is 23.8 Å². The molecule has 0 aliphatic heterocycles. The van der Waals surface area contributed by atoms with Crippen LogP contribution in [-0.4, -0.2) is 48.3 Å². The van der Waals surface area contributed by atoms with Gasteiger partial charge in [0.15, 0.2) is 11.5 Å². The van der Waals surface area contributed by atoms with Gasteiger partial charge in [-0.2, -0.15) is 0 Å². The molecule has 0 saturated carbocycles. The Morgan fingerprint density at radius 1 is 1.06 bits per heavy atom. The topological polar surface area (TPSA) is 91.7 Å². The molecule has 0 fully saturated rings. The number of rotatable bonds is 9. The van der Waals surface area contributed by atoms with Gasteiger partial charge >= 0.3 is 5.97 Å². The van der Waals surface area contributed by atoms with Crippen LogP contribution < -0.4 is 14.8 Å². The highest BCUT2D eigenvalue weighted by Crippen LogP contribution is 2.27. The van der Waals surface area contributed by atoms with E-state index in [1.807, 2.05) is 42.7 Å². The van der Waals surface area contributed by atoms with Gasteiger partial charge in [-0.1, -0.05) is 12.1 Å². The number of aromatic nitrogens is 2. The van der Waals surface area contributed by atoms with Gasteiger partial charge in [0.05, 0.1) is 31.4 Å². The molecule has 0 radical (unpaired) electrons. The first-order valence-corrected chi connectivity index (χ1v) is 10.1. The summed E-state index contributed by atoms with van der Waals surface area (Å²) in [6, 6.07) is 12.6. The van der Waals surface area contributed by atoms with E-state index in [4.69, 9.17) is 14.2 Å². The fourth-order valence-corrected chi connectivity index (χ4v) is 3.29. The van der Waals surface area contributed by atoms with Gasteiger partial charge < -0.3 is 24.1 Å². The largest absolute Gasteiger partial charge is 0.493 e. The van der Waals surface area contributed by atoms with E-state index >= 15 is 0 Å². The van der Waals surface area contributed by atoms with Gasteiger partial charge in [0, 0.05) is 18.5 Å². The van der Waals surface area contributed by atoms with Crippen molar-refractivity contribution in [1.82, 2.24) is 14.9 Å². The molecular weight excluding hydrogens is 398 g/mol. The van der Waals surface area contributed by atoms with Gasteiger partial charge in [-0.05, 0) is 44.2 Å². The van der Waals surface area contributed by atoms with E-state index < -0.39 is 0 Å². The van der Waals surface area contributed by atoms with E-state index in [2.05, 4.69) is 10.3 Å². The third-order valence-corrected chi connectivity index (χ3v) is 4.67. The Morgan fingerprint density at radius 2 is 1.81 bits per heavy atom. The number of hydrogen-bond acceptors (Lipinski definition) is 6. The summed E-state index contributed by atoms with van der Waals surface area (Å²) in [5.74, 6) is 1.19. The molecule has 3 aromatic rings. The van der Waals surface area contributed by atoms with Crippen LogP contribution in [0.1, 0.15) is 30.0 Å². The number of fused-ring (bicyclic) bond motifs is 1. The zero-order valence-corrected chi connectivity index (χ0v) is 18.2. The molecule has 0 unspecified atom stereocenters. The molecule has 0 atom stereocenters. The van der Waals surface area contributed by atoms with Crippen LogP contribution in [0.5, 0.6) is 11.5 Å². The molecule has 0 spiro atoms. The highest BCUT2D eigenvalue weighted by molar-refractivity contribution is 5.94. The Balaban J connectivity index is 1.71. The predicted molar refractivity (Wildman–Crippen MR) is 117 cm³/mol. The second-order valence-electron chi connectivity index (χ2n) is 7.22. The standard InChI is InChI=1S/C23H27N3O5/c1-15(2)31-22(27)14-26-18-8-6-5-7-17(18)25-21(26)11-12-24-23(28)16-9-10-19(29-3)20(13-16)30-4/h5-10,13,15H,11-12,14H2,1-4H3,(H,24,28). The number of benzene rings is 2. The van der Waals surface area contributed by atoms with E-state index in [9.17, 15) is 9.59 Å². The van der Waals surface area contributed by atoms with E-state index in [1.165, 1.54) is 7.11 Å². The first kappa shape index (κ1) is 22.1. The third kappa shape index (κ3) is 5.33. The van der Waals surface area contributed by atoms with Crippen molar-refractivity contribution in [2.45, 2.75) is 32.9 Å². The molecule has 164 valence electrons. The van der Waals surface area contributed by atoms with Gasteiger partial charge in [-0.15, -0.1) is 0 Å². The van der Waals surface area contributed by atoms with Crippen molar-refractivity contribution in [2.24, 2.45) is 0 Å². The Bertz CT molecular complexity index is 1070. The summed E-state index contributed by atoms with van der Waals surface area (Å²) in [6.45, 7) is 4.05. The number of methoxy groups -OCH3 is 2. The van der Waals surface area contributed by atoms with E-state index in [1.54, 1.807) is 25.3 Å². The third-order valence-electron chi connectivity index (χ3n) is 4.67. The van der Waals surface area contributed by atoms with Crippen molar-refractivity contribution >= 4 is 22.9 Å². The van der Waals surface area contributed by atoms with Crippen molar-refractivity contribution in [3.05, 3.63) is 53.9 Å². The minimum absolute atomic E-state index is 0.0671.